The van der Waals surface area contributed by atoms with Gasteiger partial charge in [-0.25, -0.2) is 0 Å². The molecule has 0 aliphatic heterocycles. The van der Waals surface area contributed by atoms with E-state index in [0.717, 1.165) is 32.4 Å². The molecule has 0 saturated heterocycles. The van der Waals surface area contributed by atoms with Crippen LogP contribution in [0, 0.1) is 18.8 Å². The Labute approximate surface area is 116 Å². The molecule has 0 bridgehead atoms. The van der Waals surface area contributed by atoms with E-state index in [4.69, 9.17) is 0 Å². The molecule has 0 aromatic heterocycles. The summed E-state index contributed by atoms with van der Waals surface area (Å²) in [6, 6.07) is 8.66. The van der Waals surface area contributed by atoms with Crippen LogP contribution in [0.5, 0.6) is 0 Å². The predicted octanol–water partition coefficient (Wildman–Crippen LogP) is 3.43. The van der Waals surface area contributed by atoms with Crippen molar-refractivity contribution >= 4 is 5.78 Å². The molecule has 0 radical (unpaired) electrons. The highest BCUT2D eigenvalue weighted by atomic mass is 16.1. The molecule has 2 unspecified atom stereocenters. The number of hydrogen-bond donors (Lipinski definition) is 0. The van der Waals surface area contributed by atoms with Gasteiger partial charge in [0.15, 0.2) is 0 Å². The minimum Gasteiger partial charge on any atom is -0.301 e. The summed E-state index contributed by atoms with van der Waals surface area (Å²) in [4.78, 5) is 14.2. The van der Waals surface area contributed by atoms with Crippen LogP contribution in [0.2, 0.25) is 0 Å². The summed E-state index contributed by atoms with van der Waals surface area (Å²) < 4.78 is 0. The number of ketones is 1. The summed E-state index contributed by atoms with van der Waals surface area (Å²) in [6.45, 7) is 6.20. The Bertz CT molecular complexity index is 423. The fourth-order valence-electron chi connectivity index (χ4n) is 2.95. The number of aryl methyl sites for hydroxylation is 1. The van der Waals surface area contributed by atoms with E-state index < -0.39 is 0 Å². The minimum absolute atomic E-state index is 0.249. The average molecular weight is 259 g/mol. The first kappa shape index (κ1) is 14.3. The lowest BCUT2D eigenvalue weighted by Crippen LogP contribution is -2.34. The molecule has 2 rings (SSSR count). The van der Waals surface area contributed by atoms with Crippen molar-refractivity contribution in [2.75, 3.05) is 13.6 Å². The fourth-order valence-corrected chi connectivity index (χ4v) is 2.95. The van der Waals surface area contributed by atoms with E-state index in [1.54, 1.807) is 0 Å². The number of hydrogen-bond acceptors (Lipinski definition) is 2. The second-order valence-corrected chi connectivity index (χ2v) is 6.23. The summed E-state index contributed by atoms with van der Waals surface area (Å²) in [7, 11) is 2.12. The van der Waals surface area contributed by atoms with Crippen LogP contribution < -0.4 is 0 Å². The van der Waals surface area contributed by atoms with Gasteiger partial charge in [0, 0.05) is 25.4 Å². The molecule has 19 heavy (non-hydrogen) atoms. The summed E-state index contributed by atoms with van der Waals surface area (Å²) in [5.41, 5.74) is 2.62. The van der Waals surface area contributed by atoms with Gasteiger partial charge in [0.25, 0.3) is 0 Å². The van der Waals surface area contributed by atoms with Gasteiger partial charge in [-0.15, -0.1) is 0 Å². The standard InChI is InChI=1S/C17H25NO/c1-13-4-7-15(8-5-13)11-18(3)12-16-10-14(2)6-9-17(16)19/h4-5,7-8,14,16H,6,9-12H2,1-3H3. The number of nitrogens with zero attached hydrogens (tertiary/aromatic N) is 1. The molecule has 104 valence electrons. The van der Waals surface area contributed by atoms with Gasteiger partial charge in [-0.05, 0) is 38.3 Å². The first-order valence-electron chi connectivity index (χ1n) is 7.31. The van der Waals surface area contributed by atoms with Gasteiger partial charge in [-0.1, -0.05) is 36.8 Å². The molecule has 1 saturated carbocycles. The number of benzene rings is 1. The van der Waals surface area contributed by atoms with Gasteiger partial charge in [0.05, 0.1) is 0 Å². The molecule has 0 heterocycles. The van der Waals surface area contributed by atoms with Gasteiger partial charge < -0.3 is 4.90 Å². The maximum absolute atomic E-state index is 11.9. The smallest absolute Gasteiger partial charge is 0.137 e. The van der Waals surface area contributed by atoms with E-state index in [1.807, 2.05) is 0 Å². The normalized spacial score (nSPS) is 23.9. The molecule has 1 fully saturated rings. The van der Waals surface area contributed by atoms with Crippen molar-refractivity contribution in [3.05, 3.63) is 35.4 Å². The molecule has 1 aromatic rings. The topological polar surface area (TPSA) is 20.3 Å². The first-order chi connectivity index (χ1) is 9.04. The van der Waals surface area contributed by atoms with E-state index in [2.05, 4.69) is 50.1 Å². The van der Waals surface area contributed by atoms with Crippen molar-refractivity contribution in [3.63, 3.8) is 0 Å². The zero-order chi connectivity index (χ0) is 13.8. The molecule has 2 nitrogen and oxygen atoms in total. The van der Waals surface area contributed by atoms with Crippen LogP contribution in [0.25, 0.3) is 0 Å². The fraction of sp³-hybridized carbons (Fsp3) is 0.588. The molecule has 2 atom stereocenters. The maximum Gasteiger partial charge on any atom is 0.137 e. The van der Waals surface area contributed by atoms with Crippen molar-refractivity contribution in [1.29, 1.82) is 0 Å². The van der Waals surface area contributed by atoms with Crippen LogP contribution in [0.1, 0.15) is 37.3 Å². The summed E-state index contributed by atoms with van der Waals surface area (Å²) in [5.74, 6) is 1.42. The SMILES string of the molecule is Cc1ccc(CN(C)CC2CC(C)CCC2=O)cc1. The highest BCUT2D eigenvalue weighted by Gasteiger charge is 2.27. The molecule has 0 N–H and O–H groups in total. The zero-order valence-electron chi connectivity index (χ0n) is 12.4. The van der Waals surface area contributed by atoms with Crippen LogP contribution in [0.15, 0.2) is 24.3 Å². The number of carbonyl (C=O) groups is 1. The monoisotopic (exact) mass is 259 g/mol. The zero-order valence-corrected chi connectivity index (χ0v) is 12.4. The molecular weight excluding hydrogens is 234 g/mol. The van der Waals surface area contributed by atoms with Crippen LogP contribution in [-0.4, -0.2) is 24.3 Å². The molecule has 0 amide bonds. The second kappa shape index (κ2) is 6.33. The van der Waals surface area contributed by atoms with Gasteiger partial charge in [-0.3, -0.25) is 4.79 Å². The van der Waals surface area contributed by atoms with E-state index >= 15 is 0 Å². The minimum atomic E-state index is 0.249. The molecule has 1 aliphatic rings. The lowest BCUT2D eigenvalue weighted by atomic mass is 9.81. The van der Waals surface area contributed by atoms with Crippen molar-refractivity contribution in [3.8, 4) is 0 Å². The quantitative estimate of drug-likeness (QED) is 0.825. The summed E-state index contributed by atoms with van der Waals surface area (Å²) >= 11 is 0. The number of rotatable bonds is 4. The van der Waals surface area contributed by atoms with Crippen molar-refractivity contribution < 1.29 is 4.79 Å². The van der Waals surface area contributed by atoms with E-state index in [-0.39, 0.29) is 5.92 Å². The molecule has 1 aliphatic carbocycles. The van der Waals surface area contributed by atoms with Crippen LogP contribution in [0.4, 0.5) is 0 Å². The Morgan fingerprint density at radius 1 is 1.26 bits per heavy atom. The Balaban J connectivity index is 1.88. The Morgan fingerprint density at radius 3 is 2.63 bits per heavy atom. The third-order valence-electron chi connectivity index (χ3n) is 4.13. The Kier molecular flexibility index (Phi) is 4.76. The molecule has 1 aromatic carbocycles. The Morgan fingerprint density at radius 2 is 1.95 bits per heavy atom. The third-order valence-corrected chi connectivity index (χ3v) is 4.13. The van der Waals surface area contributed by atoms with Gasteiger partial charge in [0.1, 0.15) is 5.78 Å². The van der Waals surface area contributed by atoms with Crippen molar-refractivity contribution in [2.45, 2.75) is 39.7 Å². The van der Waals surface area contributed by atoms with E-state index in [9.17, 15) is 4.79 Å². The summed E-state index contributed by atoms with van der Waals surface area (Å²) in [5, 5.41) is 0. The van der Waals surface area contributed by atoms with Crippen molar-refractivity contribution in [2.24, 2.45) is 11.8 Å². The average Bonchev–Trinajstić information content (AvgIpc) is 2.37. The predicted molar refractivity (Wildman–Crippen MR) is 79.0 cm³/mol. The first-order valence-corrected chi connectivity index (χ1v) is 7.31. The number of Topliss-reactive ketones (excluding diaryl/α,β-unsaturated/α-hetero) is 1. The Hall–Kier alpha value is -1.15. The van der Waals surface area contributed by atoms with Gasteiger partial charge in [-0.2, -0.15) is 0 Å². The maximum atomic E-state index is 11.9. The van der Waals surface area contributed by atoms with Crippen LogP contribution >= 0.6 is 0 Å². The molecule has 0 spiro atoms. The van der Waals surface area contributed by atoms with Crippen LogP contribution in [-0.2, 0) is 11.3 Å². The summed E-state index contributed by atoms with van der Waals surface area (Å²) in [6.07, 6.45) is 2.93. The van der Waals surface area contributed by atoms with E-state index in [0.29, 0.717) is 11.7 Å². The molecule has 2 heteroatoms. The molecular formula is C17H25NO. The highest BCUT2D eigenvalue weighted by Crippen LogP contribution is 2.26. The van der Waals surface area contributed by atoms with Crippen LogP contribution in [0.3, 0.4) is 0 Å². The second-order valence-electron chi connectivity index (χ2n) is 6.23. The van der Waals surface area contributed by atoms with Crippen molar-refractivity contribution in [1.82, 2.24) is 4.90 Å². The van der Waals surface area contributed by atoms with E-state index in [1.165, 1.54) is 11.1 Å². The van der Waals surface area contributed by atoms with Gasteiger partial charge in [0.2, 0.25) is 0 Å². The van der Waals surface area contributed by atoms with Gasteiger partial charge >= 0.3 is 0 Å². The lowest BCUT2D eigenvalue weighted by molar-refractivity contribution is -0.126. The largest absolute Gasteiger partial charge is 0.301 e. The number of carbonyl (C=O) groups excluding carboxylic acids is 1. The third kappa shape index (κ3) is 4.17. The lowest BCUT2D eigenvalue weighted by Gasteiger charge is -2.29. The highest BCUT2D eigenvalue weighted by molar-refractivity contribution is 5.81.